The molecule has 3 N–H and O–H groups in total. The van der Waals surface area contributed by atoms with Crippen LogP contribution in [0.4, 0.5) is 18.9 Å². The quantitative estimate of drug-likeness (QED) is 0.608. The van der Waals surface area contributed by atoms with Crippen LogP contribution in [0.15, 0.2) is 53.6 Å². The third-order valence-corrected chi connectivity index (χ3v) is 5.20. The number of nitrogens with one attached hydrogen (secondary N) is 1. The summed E-state index contributed by atoms with van der Waals surface area (Å²) in [6.07, 6.45) is -4.31. The summed E-state index contributed by atoms with van der Waals surface area (Å²) >= 11 is 6.01. The molecule has 0 unspecified atom stereocenters. The summed E-state index contributed by atoms with van der Waals surface area (Å²) in [5.74, 6) is -0.490. The number of halogens is 4. The maximum atomic E-state index is 12.8. The van der Waals surface area contributed by atoms with Gasteiger partial charge in [-0.1, -0.05) is 35.0 Å². The van der Waals surface area contributed by atoms with Crippen LogP contribution in [0.2, 0.25) is 5.02 Å². The minimum Gasteiger partial charge on any atom is -0.326 e. The van der Waals surface area contributed by atoms with Gasteiger partial charge in [0.05, 0.1) is 18.3 Å². The highest BCUT2D eigenvalue weighted by Crippen LogP contribution is 2.29. The average Bonchev–Trinajstić information content (AvgIpc) is 3.13. The lowest BCUT2D eigenvalue weighted by atomic mass is 10.1. The van der Waals surface area contributed by atoms with Crippen molar-refractivity contribution in [3.05, 3.63) is 64.9 Å². The number of nitrogens with zero attached hydrogens (tertiary/aromatic N) is 3. The molecule has 0 fully saturated rings. The van der Waals surface area contributed by atoms with E-state index in [4.69, 9.17) is 16.7 Å². The van der Waals surface area contributed by atoms with Gasteiger partial charge in [-0.15, -0.1) is 5.10 Å². The Morgan fingerprint density at radius 3 is 2.50 bits per heavy atom. The SMILES string of the molecule is NS(=O)(=O)c1cc(NC(=O)Cc2ccccc2Cl)ccc1-n1cc(C(F)(F)F)nn1. The van der Waals surface area contributed by atoms with E-state index in [1.54, 1.807) is 24.3 Å². The fraction of sp³-hybridized carbons (Fsp3) is 0.118. The summed E-state index contributed by atoms with van der Waals surface area (Å²) in [6.45, 7) is 0. The van der Waals surface area contributed by atoms with Crippen molar-refractivity contribution >= 4 is 33.2 Å². The van der Waals surface area contributed by atoms with Crippen molar-refractivity contribution in [1.29, 1.82) is 0 Å². The van der Waals surface area contributed by atoms with Gasteiger partial charge >= 0.3 is 6.18 Å². The largest absolute Gasteiger partial charge is 0.436 e. The van der Waals surface area contributed by atoms with Crippen molar-refractivity contribution in [1.82, 2.24) is 15.0 Å². The topological polar surface area (TPSA) is 120 Å². The van der Waals surface area contributed by atoms with Crippen molar-refractivity contribution in [2.45, 2.75) is 17.5 Å². The Morgan fingerprint density at radius 2 is 1.90 bits per heavy atom. The lowest BCUT2D eigenvalue weighted by molar-refractivity contribution is -0.141. The molecule has 3 aromatic rings. The third-order valence-electron chi connectivity index (χ3n) is 3.89. The lowest BCUT2D eigenvalue weighted by Crippen LogP contribution is -2.18. The number of aromatic nitrogens is 3. The fourth-order valence-electron chi connectivity index (χ4n) is 2.54. The van der Waals surface area contributed by atoms with Gasteiger partial charge in [0, 0.05) is 10.7 Å². The maximum absolute atomic E-state index is 12.8. The molecule has 30 heavy (non-hydrogen) atoms. The molecule has 1 heterocycles. The van der Waals surface area contributed by atoms with Crippen molar-refractivity contribution < 1.29 is 26.4 Å². The highest BCUT2D eigenvalue weighted by atomic mass is 35.5. The molecule has 0 atom stereocenters. The Bertz CT molecular complexity index is 1210. The molecule has 0 bridgehead atoms. The van der Waals surface area contributed by atoms with Crippen LogP contribution in [0, 0.1) is 0 Å². The van der Waals surface area contributed by atoms with Gasteiger partial charge in [-0.25, -0.2) is 18.2 Å². The second-order valence-corrected chi connectivity index (χ2v) is 8.03. The molecule has 0 saturated carbocycles. The second-order valence-electron chi connectivity index (χ2n) is 6.09. The molecular formula is C17H13ClF3N5O3S. The van der Waals surface area contributed by atoms with Crippen molar-refractivity contribution in [3.63, 3.8) is 0 Å². The molecule has 3 rings (SSSR count). The zero-order chi connectivity index (χ0) is 22.1. The summed E-state index contributed by atoms with van der Waals surface area (Å²) in [6, 6.07) is 10.1. The van der Waals surface area contributed by atoms with Crippen LogP contribution < -0.4 is 10.5 Å². The van der Waals surface area contributed by atoms with E-state index in [0.29, 0.717) is 21.5 Å². The van der Waals surface area contributed by atoms with Crippen LogP contribution >= 0.6 is 11.6 Å². The molecule has 8 nitrogen and oxygen atoms in total. The van der Waals surface area contributed by atoms with Gasteiger partial charge in [-0.3, -0.25) is 4.79 Å². The predicted molar refractivity (Wildman–Crippen MR) is 102 cm³/mol. The van der Waals surface area contributed by atoms with Crippen LogP contribution in [0.1, 0.15) is 11.3 Å². The van der Waals surface area contributed by atoms with Gasteiger partial charge in [0.2, 0.25) is 15.9 Å². The molecule has 2 aromatic carbocycles. The van der Waals surface area contributed by atoms with Gasteiger partial charge < -0.3 is 5.32 Å². The number of benzene rings is 2. The van der Waals surface area contributed by atoms with E-state index in [1.807, 2.05) is 0 Å². The number of carbonyl (C=O) groups is 1. The van der Waals surface area contributed by atoms with E-state index in [0.717, 1.165) is 12.1 Å². The molecule has 1 aromatic heterocycles. The Morgan fingerprint density at radius 1 is 1.20 bits per heavy atom. The molecule has 1 amide bonds. The number of alkyl halides is 3. The summed E-state index contributed by atoms with van der Waals surface area (Å²) < 4.78 is 62.8. The number of nitrogens with two attached hydrogens (primary N) is 1. The Hall–Kier alpha value is -2.96. The standard InChI is InChI=1S/C17H13ClF3N5O3S/c18-12-4-2-1-3-10(12)7-16(27)23-11-5-6-13(14(8-11)30(22,28)29)26-9-15(24-25-26)17(19,20)21/h1-6,8-9H,7H2,(H,23,27)(H2,22,28,29). The number of anilines is 1. The molecule has 158 valence electrons. The van der Waals surface area contributed by atoms with Gasteiger partial charge in [-0.05, 0) is 29.8 Å². The Kier molecular flexibility index (Phi) is 5.83. The first kappa shape index (κ1) is 21.7. The zero-order valence-electron chi connectivity index (χ0n) is 14.9. The van der Waals surface area contributed by atoms with Crippen LogP contribution in [0.5, 0.6) is 0 Å². The molecule has 0 aliphatic carbocycles. The summed E-state index contributed by atoms with van der Waals surface area (Å²) in [4.78, 5) is 11.7. The van der Waals surface area contributed by atoms with E-state index in [1.165, 1.54) is 6.07 Å². The first-order chi connectivity index (χ1) is 13.9. The van der Waals surface area contributed by atoms with Crippen LogP contribution in [0.3, 0.4) is 0 Å². The maximum Gasteiger partial charge on any atom is 0.436 e. The van der Waals surface area contributed by atoms with E-state index >= 15 is 0 Å². The highest BCUT2D eigenvalue weighted by Gasteiger charge is 2.35. The Balaban J connectivity index is 1.91. The third kappa shape index (κ3) is 4.96. The minimum atomic E-state index is -4.76. The van der Waals surface area contributed by atoms with Crippen molar-refractivity contribution in [2.75, 3.05) is 5.32 Å². The normalized spacial score (nSPS) is 12.0. The molecule has 0 aliphatic heterocycles. The first-order valence-corrected chi connectivity index (χ1v) is 10.1. The van der Waals surface area contributed by atoms with Gasteiger partial charge in [0.15, 0.2) is 5.69 Å². The summed E-state index contributed by atoms with van der Waals surface area (Å²) in [7, 11) is -4.37. The number of primary sulfonamides is 1. The minimum absolute atomic E-state index is 0.0657. The predicted octanol–water partition coefficient (Wildman–Crippen LogP) is 2.77. The summed E-state index contributed by atoms with van der Waals surface area (Å²) in [5.41, 5.74) is -0.942. The van der Waals surface area contributed by atoms with Crippen LogP contribution in [-0.4, -0.2) is 29.3 Å². The number of hydrogen-bond donors (Lipinski definition) is 2. The molecule has 0 saturated heterocycles. The second kappa shape index (κ2) is 8.05. The van der Waals surface area contributed by atoms with Gasteiger partial charge in [0.25, 0.3) is 0 Å². The van der Waals surface area contributed by atoms with E-state index in [9.17, 15) is 26.4 Å². The lowest BCUT2D eigenvalue weighted by Gasteiger charge is -2.11. The van der Waals surface area contributed by atoms with Crippen LogP contribution in [0.25, 0.3) is 5.69 Å². The molecule has 13 heteroatoms. The number of sulfonamides is 1. The number of rotatable bonds is 5. The molecular weight excluding hydrogens is 447 g/mol. The van der Waals surface area contributed by atoms with Gasteiger partial charge in [-0.2, -0.15) is 13.2 Å². The highest BCUT2D eigenvalue weighted by molar-refractivity contribution is 7.89. The van der Waals surface area contributed by atoms with E-state index < -0.39 is 32.7 Å². The van der Waals surface area contributed by atoms with E-state index in [2.05, 4.69) is 15.6 Å². The number of hydrogen-bond acceptors (Lipinski definition) is 5. The molecule has 0 radical (unpaired) electrons. The monoisotopic (exact) mass is 459 g/mol. The zero-order valence-corrected chi connectivity index (χ0v) is 16.5. The smallest absolute Gasteiger partial charge is 0.326 e. The van der Waals surface area contributed by atoms with Crippen molar-refractivity contribution in [3.8, 4) is 5.69 Å². The first-order valence-electron chi connectivity index (χ1n) is 8.15. The average molecular weight is 460 g/mol. The van der Waals surface area contributed by atoms with Gasteiger partial charge in [0.1, 0.15) is 4.90 Å². The molecule has 0 spiro atoms. The van der Waals surface area contributed by atoms with E-state index in [-0.39, 0.29) is 17.8 Å². The fourth-order valence-corrected chi connectivity index (χ4v) is 3.49. The number of carbonyl (C=O) groups excluding carboxylic acids is 1. The molecule has 0 aliphatic rings. The number of amides is 1. The summed E-state index contributed by atoms with van der Waals surface area (Å²) in [5, 5.41) is 14.4. The van der Waals surface area contributed by atoms with Crippen molar-refractivity contribution in [2.24, 2.45) is 5.14 Å². The van der Waals surface area contributed by atoms with Crippen LogP contribution in [-0.2, 0) is 27.4 Å². The Labute approximate surface area is 173 Å².